The van der Waals surface area contributed by atoms with E-state index in [1.54, 1.807) is 12.7 Å². The van der Waals surface area contributed by atoms with E-state index in [0.717, 1.165) is 41.8 Å². The van der Waals surface area contributed by atoms with Gasteiger partial charge in [0.2, 0.25) is 0 Å². The Bertz CT molecular complexity index is 647. The van der Waals surface area contributed by atoms with Crippen LogP contribution in [0.25, 0.3) is 0 Å². The number of nitrogens with zero attached hydrogens (tertiary/aromatic N) is 5. The zero-order valence-corrected chi connectivity index (χ0v) is 13.2. The molecule has 0 saturated carbocycles. The fourth-order valence-corrected chi connectivity index (χ4v) is 3.26. The van der Waals surface area contributed by atoms with Crippen molar-refractivity contribution in [3.8, 4) is 6.07 Å². The lowest BCUT2D eigenvalue weighted by Crippen LogP contribution is -2.37. The summed E-state index contributed by atoms with van der Waals surface area (Å²) in [6.07, 6.45) is 5.66. The van der Waals surface area contributed by atoms with Gasteiger partial charge in [0.05, 0.1) is 11.3 Å². The summed E-state index contributed by atoms with van der Waals surface area (Å²) in [5.74, 6) is 0.538. The van der Waals surface area contributed by atoms with Gasteiger partial charge in [0, 0.05) is 24.1 Å². The van der Waals surface area contributed by atoms with Gasteiger partial charge in [0.15, 0.2) is 0 Å². The summed E-state index contributed by atoms with van der Waals surface area (Å²) in [7, 11) is 0. The lowest BCUT2D eigenvalue weighted by atomic mass is 9.97. The molecule has 21 heavy (non-hydrogen) atoms. The zero-order chi connectivity index (χ0) is 14.7. The van der Waals surface area contributed by atoms with Crippen LogP contribution in [0.2, 0.25) is 0 Å². The number of benzene rings is 1. The molecule has 1 aliphatic heterocycles. The molecule has 5 nitrogen and oxygen atoms in total. The van der Waals surface area contributed by atoms with Gasteiger partial charge in [-0.1, -0.05) is 15.9 Å². The number of halogens is 1. The van der Waals surface area contributed by atoms with Gasteiger partial charge in [-0.2, -0.15) is 10.4 Å². The topological polar surface area (TPSA) is 57.7 Å². The van der Waals surface area contributed by atoms with Gasteiger partial charge in [0.1, 0.15) is 18.7 Å². The maximum atomic E-state index is 9.33. The fourth-order valence-electron chi connectivity index (χ4n) is 2.90. The van der Waals surface area contributed by atoms with Crippen LogP contribution in [0.15, 0.2) is 35.3 Å². The van der Waals surface area contributed by atoms with Gasteiger partial charge in [-0.25, -0.2) is 4.98 Å². The third-order valence-corrected chi connectivity index (χ3v) is 4.34. The van der Waals surface area contributed by atoms with Crippen molar-refractivity contribution in [2.45, 2.75) is 19.4 Å². The molecule has 1 fully saturated rings. The van der Waals surface area contributed by atoms with E-state index >= 15 is 0 Å². The number of nitriles is 1. The Balaban J connectivity index is 1.75. The van der Waals surface area contributed by atoms with E-state index in [1.165, 1.54) is 6.42 Å². The number of piperidine rings is 1. The summed E-state index contributed by atoms with van der Waals surface area (Å²) in [6.45, 7) is 2.84. The van der Waals surface area contributed by atoms with E-state index in [1.807, 2.05) is 22.9 Å². The molecule has 0 amide bonds. The lowest BCUT2D eigenvalue weighted by Gasteiger charge is -2.34. The quantitative estimate of drug-likeness (QED) is 0.858. The van der Waals surface area contributed by atoms with Crippen LogP contribution < -0.4 is 4.90 Å². The van der Waals surface area contributed by atoms with Crippen molar-refractivity contribution in [1.82, 2.24) is 14.8 Å². The zero-order valence-electron chi connectivity index (χ0n) is 11.6. The first-order valence-corrected chi connectivity index (χ1v) is 7.82. The molecule has 1 atom stereocenters. The van der Waals surface area contributed by atoms with Crippen LogP contribution in [0, 0.1) is 17.2 Å². The second-order valence-electron chi connectivity index (χ2n) is 5.35. The molecule has 0 aliphatic carbocycles. The van der Waals surface area contributed by atoms with E-state index in [9.17, 15) is 5.26 Å². The summed E-state index contributed by atoms with van der Waals surface area (Å²) >= 11 is 3.42. The average molecular weight is 346 g/mol. The highest BCUT2D eigenvalue weighted by molar-refractivity contribution is 9.10. The molecule has 3 rings (SSSR count). The van der Waals surface area contributed by atoms with Gasteiger partial charge in [-0.15, -0.1) is 0 Å². The molecule has 0 radical (unpaired) electrons. The first-order valence-electron chi connectivity index (χ1n) is 7.03. The first kappa shape index (κ1) is 14.1. The van der Waals surface area contributed by atoms with Crippen LogP contribution in [0.3, 0.4) is 0 Å². The van der Waals surface area contributed by atoms with Gasteiger partial charge in [0.25, 0.3) is 0 Å². The van der Waals surface area contributed by atoms with E-state index in [4.69, 9.17) is 0 Å². The monoisotopic (exact) mass is 345 g/mol. The summed E-state index contributed by atoms with van der Waals surface area (Å²) in [6, 6.07) is 8.21. The Kier molecular flexibility index (Phi) is 4.20. The Morgan fingerprint density at radius 3 is 3.10 bits per heavy atom. The molecular formula is C15H16BrN5. The summed E-state index contributed by atoms with van der Waals surface area (Å²) in [5, 5.41) is 13.5. The van der Waals surface area contributed by atoms with Crippen LogP contribution in [-0.4, -0.2) is 27.9 Å². The van der Waals surface area contributed by atoms with Gasteiger partial charge in [-0.05, 0) is 37.0 Å². The van der Waals surface area contributed by atoms with Crippen molar-refractivity contribution in [3.63, 3.8) is 0 Å². The SMILES string of the molecule is N#Cc1cc(Br)ccc1N1CCC[C@H](Cn2cncn2)C1. The Hall–Kier alpha value is -1.87. The van der Waals surface area contributed by atoms with E-state index in [2.05, 4.69) is 37.0 Å². The molecule has 0 spiro atoms. The predicted octanol–water partition coefficient (Wildman–Crippen LogP) is 2.83. The normalized spacial score (nSPS) is 18.5. The highest BCUT2D eigenvalue weighted by atomic mass is 79.9. The standard InChI is InChI=1S/C15H16BrN5/c16-14-3-4-15(13(6-14)7-17)20-5-1-2-12(8-20)9-21-11-18-10-19-21/h3-4,6,10-12H,1-2,5,8-9H2/t12-/m0/s1. The predicted molar refractivity (Wildman–Crippen MR) is 83.8 cm³/mol. The van der Waals surface area contributed by atoms with E-state index < -0.39 is 0 Å². The van der Waals surface area contributed by atoms with E-state index in [0.29, 0.717) is 5.92 Å². The molecule has 6 heteroatoms. The Morgan fingerprint density at radius 1 is 1.43 bits per heavy atom. The number of anilines is 1. The summed E-state index contributed by atoms with van der Waals surface area (Å²) < 4.78 is 2.83. The largest absolute Gasteiger partial charge is 0.370 e. The minimum absolute atomic E-state index is 0.538. The molecular weight excluding hydrogens is 330 g/mol. The molecule has 0 N–H and O–H groups in total. The van der Waals surface area contributed by atoms with Crippen molar-refractivity contribution < 1.29 is 0 Å². The number of rotatable bonds is 3. The molecule has 108 valence electrons. The maximum Gasteiger partial charge on any atom is 0.137 e. The van der Waals surface area contributed by atoms with Crippen LogP contribution in [-0.2, 0) is 6.54 Å². The van der Waals surface area contributed by atoms with Crippen LogP contribution >= 0.6 is 15.9 Å². The molecule has 1 aromatic carbocycles. The minimum Gasteiger partial charge on any atom is -0.370 e. The number of hydrogen-bond acceptors (Lipinski definition) is 4. The molecule has 1 saturated heterocycles. The van der Waals surface area contributed by atoms with Gasteiger partial charge in [-0.3, -0.25) is 4.68 Å². The highest BCUT2D eigenvalue weighted by Gasteiger charge is 2.22. The molecule has 0 bridgehead atoms. The lowest BCUT2D eigenvalue weighted by molar-refractivity contribution is 0.351. The van der Waals surface area contributed by atoms with Crippen molar-refractivity contribution in [2.24, 2.45) is 5.92 Å². The Labute approximate surface area is 132 Å². The van der Waals surface area contributed by atoms with Gasteiger partial charge < -0.3 is 4.90 Å². The highest BCUT2D eigenvalue weighted by Crippen LogP contribution is 2.28. The molecule has 1 aliphatic rings. The average Bonchev–Trinajstić information content (AvgIpc) is 3.00. The van der Waals surface area contributed by atoms with Gasteiger partial charge >= 0.3 is 0 Å². The molecule has 2 heterocycles. The minimum atomic E-state index is 0.538. The van der Waals surface area contributed by atoms with Crippen LogP contribution in [0.5, 0.6) is 0 Å². The van der Waals surface area contributed by atoms with E-state index in [-0.39, 0.29) is 0 Å². The van der Waals surface area contributed by atoms with Crippen molar-refractivity contribution in [2.75, 3.05) is 18.0 Å². The van der Waals surface area contributed by atoms with Crippen molar-refractivity contribution >= 4 is 21.6 Å². The third kappa shape index (κ3) is 3.24. The first-order chi connectivity index (χ1) is 10.3. The molecule has 1 aromatic heterocycles. The number of aromatic nitrogens is 3. The van der Waals surface area contributed by atoms with Crippen LogP contribution in [0.1, 0.15) is 18.4 Å². The Morgan fingerprint density at radius 2 is 2.33 bits per heavy atom. The van der Waals surface area contributed by atoms with Crippen molar-refractivity contribution in [3.05, 3.63) is 40.9 Å². The molecule has 2 aromatic rings. The second kappa shape index (κ2) is 6.27. The fraction of sp³-hybridized carbons (Fsp3) is 0.400. The van der Waals surface area contributed by atoms with Crippen LogP contribution in [0.4, 0.5) is 5.69 Å². The maximum absolute atomic E-state index is 9.33. The second-order valence-corrected chi connectivity index (χ2v) is 6.26. The smallest absolute Gasteiger partial charge is 0.137 e. The summed E-state index contributed by atoms with van der Waals surface area (Å²) in [5.41, 5.74) is 1.76. The molecule has 0 unspecified atom stereocenters. The number of hydrogen-bond donors (Lipinski definition) is 0. The third-order valence-electron chi connectivity index (χ3n) is 3.85. The summed E-state index contributed by atoms with van der Waals surface area (Å²) in [4.78, 5) is 6.31. The van der Waals surface area contributed by atoms with Crippen molar-refractivity contribution in [1.29, 1.82) is 5.26 Å².